The van der Waals surface area contributed by atoms with E-state index in [1.54, 1.807) is 0 Å². The van der Waals surface area contributed by atoms with Crippen LogP contribution in [0.15, 0.2) is 79.6 Å². The molecule has 0 saturated carbocycles. The summed E-state index contributed by atoms with van der Waals surface area (Å²) in [7, 11) is 0. The second-order valence-electron chi connectivity index (χ2n) is 3.76. The topological polar surface area (TPSA) is 0 Å². The molecule has 0 nitrogen and oxygen atoms in total. The van der Waals surface area contributed by atoms with Crippen LogP contribution < -0.4 is 0 Å². The van der Waals surface area contributed by atoms with E-state index in [4.69, 9.17) is 0 Å². The van der Waals surface area contributed by atoms with Gasteiger partial charge in [-0.15, -0.1) is 5.73 Å². The van der Waals surface area contributed by atoms with E-state index in [-0.39, 0.29) is 0 Å². The third-order valence-electron chi connectivity index (χ3n) is 2.66. The Morgan fingerprint density at radius 2 is 1.24 bits per heavy atom. The van der Waals surface area contributed by atoms with Gasteiger partial charge in [0.1, 0.15) is 0 Å². The average Bonchev–Trinajstić information content (AvgIpc) is 2.42. The standard InChI is InChI=1S/C17H14/c1-3-17(16-12-8-5-9-13-16)14(2)15-10-6-4-7-11-15/h4-13H,1-2H2. The maximum atomic E-state index is 4.13. The zero-order valence-electron chi connectivity index (χ0n) is 9.69. The molecule has 0 aromatic heterocycles. The van der Waals surface area contributed by atoms with Crippen molar-refractivity contribution < 1.29 is 0 Å². The zero-order chi connectivity index (χ0) is 12.1. The van der Waals surface area contributed by atoms with Crippen LogP contribution in [0.3, 0.4) is 0 Å². The van der Waals surface area contributed by atoms with Crippen molar-refractivity contribution in [3.05, 3.63) is 90.7 Å². The Morgan fingerprint density at radius 3 is 1.71 bits per heavy atom. The van der Waals surface area contributed by atoms with Crippen LogP contribution in [0.2, 0.25) is 0 Å². The highest BCUT2D eigenvalue weighted by Gasteiger charge is 2.06. The van der Waals surface area contributed by atoms with Crippen molar-refractivity contribution >= 4 is 11.1 Å². The Kier molecular flexibility index (Phi) is 3.40. The molecular weight excluding hydrogens is 204 g/mol. The van der Waals surface area contributed by atoms with Crippen molar-refractivity contribution in [2.24, 2.45) is 0 Å². The third-order valence-corrected chi connectivity index (χ3v) is 2.66. The normalized spacial score (nSPS) is 9.41. The molecule has 0 atom stereocenters. The first kappa shape index (κ1) is 11.2. The fraction of sp³-hybridized carbons (Fsp3) is 0. The van der Waals surface area contributed by atoms with Crippen LogP contribution in [-0.2, 0) is 0 Å². The fourth-order valence-corrected chi connectivity index (χ4v) is 1.77. The lowest BCUT2D eigenvalue weighted by Crippen LogP contribution is -1.87. The van der Waals surface area contributed by atoms with Crippen molar-refractivity contribution in [1.82, 2.24) is 0 Å². The van der Waals surface area contributed by atoms with Gasteiger partial charge in [0.15, 0.2) is 0 Å². The van der Waals surface area contributed by atoms with E-state index in [0.717, 1.165) is 22.3 Å². The van der Waals surface area contributed by atoms with Crippen molar-refractivity contribution in [1.29, 1.82) is 0 Å². The molecule has 0 heterocycles. The number of allylic oxidation sites excluding steroid dienone is 2. The van der Waals surface area contributed by atoms with Gasteiger partial charge in [0.05, 0.1) is 0 Å². The van der Waals surface area contributed by atoms with E-state index in [9.17, 15) is 0 Å². The summed E-state index contributed by atoms with van der Waals surface area (Å²) >= 11 is 0. The summed E-state index contributed by atoms with van der Waals surface area (Å²) < 4.78 is 0. The molecule has 0 heteroatoms. The van der Waals surface area contributed by atoms with Crippen LogP contribution in [0.4, 0.5) is 0 Å². The van der Waals surface area contributed by atoms with Gasteiger partial charge in [0, 0.05) is 5.57 Å². The largest absolute Gasteiger partial charge is 0.119 e. The van der Waals surface area contributed by atoms with E-state index in [1.165, 1.54) is 0 Å². The molecule has 0 fully saturated rings. The summed E-state index contributed by atoms with van der Waals surface area (Å²) in [5.74, 6) is 0. The number of hydrogen-bond donors (Lipinski definition) is 0. The highest BCUT2D eigenvalue weighted by molar-refractivity contribution is 6.03. The Morgan fingerprint density at radius 1 is 0.765 bits per heavy atom. The van der Waals surface area contributed by atoms with Gasteiger partial charge in [-0.05, 0) is 16.7 Å². The Bertz CT molecular complexity index is 556. The molecule has 0 unspecified atom stereocenters. The molecule has 2 aromatic rings. The molecule has 0 aliphatic heterocycles. The fourth-order valence-electron chi connectivity index (χ4n) is 1.77. The van der Waals surface area contributed by atoms with E-state index in [2.05, 4.69) is 18.9 Å². The Labute approximate surface area is 102 Å². The second kappa shape index (κ2) is 5.16. The summed E-state index contributed by atoms with van der Waals surface area (Å²) in [6, 6.07) is 20.2. The molecule has 2 aromatic carbocycles. The van der Waals surface area contributed by atoms with Gasteiger partial charge in [-0.25, -0.2) is 0 Å². The van der Waals surface area contributed by atoms with Gasteiger partial charge in [-0.3, -0.25) is 0 Å². The zero-order valence-corrected chi connectivity index (χ0v) is 9.69. The van der Waals surface area contributed by atoms with Gasteiger partial charge in [-0.2, -0.15) is 0 Å². The van der Waals surface area contributed by atoms with Gasteiger partial charge in [0.25, 0.3) is 0 Å². The van der Waals surface area contributed by atoms with Crippen molar-refractivity contribution in [2.45, 2.75) is 0 Å². The lowest BCUT2D eigenvalue weighted by atomic mass is 9.94. The van der Waals surface area contributed by atoms with Crippen LogP contribution in [0.25, 0.3) is 11.1 Å². The van der Waals surface area contributed by atoms with Crippen molar-refractivity contribution in [3.8, 4) is 0 Å². The summed E-state index contributed by atoms with van der Waals surface area (Å²) in [6.07, 6.45) is 0. The third kappa shape index (κ3) is 2.44. The lowest BCUT2D eigenvalue weighted by Gasteiger charge is -2.09. The molecule has 0 bridgehead atoms. The SMILES string of the molecule is C=C=C(C(=C)c1ccccc1)c1ccccc1. The molecule has 2 rings (SSSR count). The quantitative estimate of drug-likeness (QED) is 0.523. The molecule has 0 aliphatic carbocycles. The summed E-state index contributed by atoms with van der Waals surface area (Å²) in [6.45, 7) is 7.89. The van der Waals surface area contributed by atoms with Gasteiger partial charge < -0.3 is 0 Å². The number of rotatable bonds is 3. The van der Waals surface area contributed by atoms with Gasteiger partial charge in [-0.1, -0.05) is 73.8 Å². The molecule has 0 saturated heterocycles. The Balaban J connectivity index is 2.40. The molecular formula is C17H14. The molecule has 17 heavy (non-hydrogen) atoms. The summed E-state index contributed by atoms with van der Waals surface area (Å²) in [5, 5.41) is 0. The average molecular weight is 218 g/mol. The minimum Gasteiger partial charge on any atom is -0.119 e. The predicted molar refractivity (Wildman–Crippen MR) is 74.5 cm³/mol. The molecule has 0 aliphatic rings. The maximum absolute atomic E-state index is 4.13. The number of hydrogen-bond acceptors (Lipinski definition) is 0. The summed E-state index contributed by atoms with van der Waals surface area (Å²) in [4.78, 5) is 0. The maximum Gasteiger partial charge on any atom is 0.0303 e. The van der Waals surface area contributed by atoms with E-state index >= 15 is 0 Å². The highest BCUT2D eigenvalue weighted by atomic mass is 14.1. The lowest BCUT2D eigenvalue weighted by molar-refractivity contribution is 1.59. The first-order chi connectivity index (χ1) is 8.33. The first-order valence-corrected chi connectivity index (χ1v) is 5.53. The van der Waals surface area contributed by atoms with Crippen LogP contribution in [0.5, 0.6) is 0 Å². The second-order valence-corrected chi connectivity index (χ2v) is 3.76. The van der Waals surface area contributed by atoms with Crippen LogP contribution in [0, 0.1) is 0 Å². The van der Waals surface area contributed by atoms with Gasteiger partial charge >= 0.3 is 0 Å². The molecule has 0 spiro atoms. The summed E-state index contributed by atoms with van der Waals surface area (Å²) in [5.41, 5.74) is 7.08. The van der Waals surface area contributed by atoms with Gasteiger partial charge in [0.2, 0.25) is 0 Å². The van der Waals surface area contributed by atoms with Crippen LogP contribution >= 0.6 is 0 Å². The molecule has 82 valence electrons. The van der Waals surface area contributed by atoms with Crippen LogP contribution in [-0.4, -0.2) is 0 Å². The highest BCUT2D eigenvalue weighted by Crippen LogP contribution is 2.28. The van der Waals surface area contributed by atoms with Crippen molar-refractivity contribution in [3.63, 3.8) is 0 Å². The minimum absolute atomic E-state index is 0.951. The van der Waals surface area contributed by atoms with E-state index in [1.807, 2.05) is 60.7 Å². The first-order valence-electron chi connectivity index (χ1n) is 5.53. The van der Waals surface area contributed by atoms with E-state index < -0.39 is 0 Å². The minimum atomic E-state index is 0.951. The van der Waals surface area contributed by atoms with Crippen molar-refractivity contribution in [2.75, 3.05) is 0 Å². The van der Waals surface area contributed by atoms with E-state index in [0.29, 0.717) is 0 Å². The smallest absolute Gasteiger partial charge is 0.0303 e. The number of benzene rings is 2. The monoisotopic (exact) mass is 218 g/mol. The molecule has 0 radical (unpaired) electrons. The predicted octanol–water partition coefficient (Wildman–Crippen LogP) is 4.57. The Hall–Kier alpha value is -2.30. The van der Waals surface area contributed by atoms with Crippen LogP contribution in [0.1, 0.15) is 11.1 Å². The molecule has 0 N–H and O–H groups in total. The molecule has 0 amide bonds.